The van der Waals surface area contributed by atoms with Crippen LogP contribution in [0.15, 0.2) is 64.8 Å². The number of fused-ring (bicyclic) bond motifs is 1. The molecule has 0 saturated carbocycles. The van der Waals surface area contributed by atoms with Gasteiger partial charge in [-0.05, 0) is 42.5 Å². The number of benzene rings is 2. The lowest BCUT2D eigenvalue weighted by Crippen LogP contribution is -2.20. The molecule has 0 radical (unpaired) electrons. The van der Waals surface area contributed by atoms with Crippen LogP contribution in [-0.2, 0) is 0 Å². The van der Waals surface area contributed by atoms with Crippen LogP contribution in [0.5, 0.6) is 11.5 Å². The third-order valence-corrected chi connectivity index (χ3v) is 5.53. The van der Waals surface area contributed by atoms with Crippen molar-refractivity contribution in [3.8, 4) is 17.2 Å². The van der Waals surface area contributed by atoms with E-state index in [2.05, 4.69) is 10.2 Å². The van der Waals surface area contributed by atoms with Crippen molar-refractivity contribution in [2.45, 2.75) is 5.16 Å². The Balaban J connectivity index is 1.56. The summed E-state index contributed by atoms with van der Waals surface area (Å²) in [6.07, 6.45) is 3.18. The number of carbonyl (C=O) groups is 1. The number of aromatic nitrogens is 4. The molecule has 158 valence electrons. The Hall–Kier alpha value is -3.66. The average molecular weight is 440 g/mol. The Kier molecular flexibility index (Phi) is 5.72. The highest BCUT2D eigenvalue weighted by atomic mass is 32.2. The number of halogens is 1. The van der Waals surface area contributed by atoms with E-state index in [1.807, 2.05) is 0 Å². The first-order valence-electron chi connectivity index (χ1n) is 9.12. The van der Waals surface area contributed by atoms with Crippen LogP contribution in [0.2, 0.25) is 0 Å². The molecule has 0 spiro atoms. The lowest BCUT2D eigenvalue weighted by molar-refractivity contribution is 0.102. The molecule has 0 N–H and O–H groups in total. The van der Waals surface area contributed by atoms with Gasteiger partial charge < -0.3 is 9.47 Å². The highest BCUT2D eigenvalue weighted by Gasteiger charge is 2.15. The molecule has 0 bridgehead atoms. The zero-order valence-corrected chi connectivity index (χ0v) is 17.4. The van der Waals surface area contributed by atoms with Gasteiger partial charge in [-0.25, -0.2) is 4.39 Å². The predicted molar refractivity (Wildman–Crippen MR) is 113 cm³/mol. The number of carbonyl (C=O) groups excluding carboxylic acids is 1. The van der Waals surface area contributed by atoms with Crippen molar-refractivity contribution >= 4 is 23.2 Å². The second-order valence-corrected chi connectivity index (χ2v) is 7.35. The van der Waals surface area contributed by atoms with Gasteiger partial charge in [-0.1, -0.05) is 11.8 Å². The quantitative estimate of drug-likeness (QED) is 0.322. The molecule has 4 rings (SSSR count). The maximum absolute atomic E-state index is 13.2. The van der Waals surface area contributed by atoms with E-state index in [-0.39, 0.29) is 17.2 Å². The maximum atomic E-state index is 13.2. The maximum Gasteiger partial charge on any atom is 0.300 e. The molecule has 2 heterocycles. The molecule has 31 heavy (non-hydrogen) atoms. The first-order valence-corrected chi connectivity index (χ1v) is 10.1. The van der Waals surface area contributed by atoms with Crippen molar-refractivity contribution in [2.75, 3.05) is 20.0 Å². The largest absolute Gasteiger partial charge is 0.493 e. The molecule has 2 aromatic heterocycles. The molecule has 10 heteroatoms. The Labute approximate surface area is 180 Å². The molecule has 8 nitrogen and oxygen atoms in total. The first kappa shape index (κ1) is 20.6. The summed E-state index contributed by atoms with van der Waals surface area (Å²) in [6, 6.07) is 10.5. The van der Waals surface area contributed by atoms with Crippen molar-refractivity contribution in [3.63, 3.8) is 0 Å². The monoisotopic (exact) mass is 440 g/mol. The number of methoxy groups -OCH3 is 2. The summed E-state index contributed by atoms with van der Waals surface area (Å²) in [5, 5.41) is 8.41. The van der Waals surface area contributed by atoms with Gasteiger partial charge in [0.1, 0.15) is 5.82 Å². The van der Waals surface area contributed by atoms with Gasteiger partial charge in [0.05, 0.1) is 20.0 Å². The third-order valence-electron chi connectivity index (χ3n) is 4.58. The minimum atomic E-state index is -0.403. The Morgan fingerprint density at radius 3 is 2.48 bits per heavy atom. The van der Waals surface area contributed by atoms with Crippen molar-refractivity contribution in [1.29, 1.82) is 0 Å². The molecule has 0 aliphatic rings. The van der Waals surface area contributed by atoms with Gasteiger partial charge in [-0.15, -0.1) is 10.2 Å². The molecule has 0 fully saturated rings. The Morgan fingerprint density at radius 2 is 1.77 bits per heavy atom. The highest BCUT2D eigenvalue weighted by molar-refractivity contribution is 7.99. The number of nitrogens with zero attached hydrogens (tertiary/aromatic N) is 4. The highest BCUT2D eigenvalue weighted by Crippen LogP contribution is 2.28. The van der Waals surface area contributed by atoms with Crippen LogP contribution in [0, 0.1) is 5.82 Å². The van der Waals surface area contributed by atoms with Crippen LogP contribution in [0.4, 0.5) is 4.39 Å². The molecule has 0 saturated heterocycles. The fraction of sp³-hybridized carbons (Fsp3) is 0.143. The molecule has 0 aliphatic carbocycles. The van der Waals surface area contributed by atoms with Gasteiger partial charge in [0.2, 0.25) is 5.65 Å². The minimum Gasteiger partial charge on any atom is -0.493 e. The molecule has 0 aliphatic heterocycles. The van der Waals surface area contributed by atoms with E-state index in [1.54, 1.807) is 30.6 Å². The van der Waals surface area contributed by atoms with E-state index >= 15 is 0 Å². The van der Waals surface area contributed by atoms with Crippen molar-refractivity contribution < 1.29 is 18.7 Å². The zero-order valence-electron chi connectivity index (χ0n) is 16.6. The number of rotatable bonds is 7. The summed E-state index contributed by atoms with van der Waals surface area (Å²) in [4.78, 5) is 25.4. The van der Waals surface area contributed by atoms with Crippen molar-refractivity contribution in [3.05, 3.63) is 76.6 Å². The summed E-state index contributed by atoms with van der Waals surface area (Å²) < 4.78 is 26.4. The second-order valence-electron chi connectivity index (χ2n) is 6.41. The van der Waals surface area contributed by atoms with E-state index in [4.69, 9.17) is 9.47 Å². The lowest BCUT2D eigenvalue weighted by Gasteiger charge is -2.09. The van der Waals surface area contributed by atoms with Gasteiger partial charge in [-0.2, -0.15) is 0 Å². The number of hydrogen-bond acceptors (Lipinski definition) is 7. The summed E-state index contributed by atoms with van der Waals surface area (Å²) in [7, 11) is 3.03. The number of Topliss-reactive ketones (excluding diaryl/α,β-unsaturated/α-hetero) is 1. The minimum absolute atomic E-state index is 0.0946. The third kappa shape index (κ3) is 4.02. The molecule has 0 atom stereocenters. The summed E-state index contributed by atoms with van der Waals surface area (Å²) in [5.74, 6) is 0.567. The van der Waals surface area contributed by atoms with Crippen molar-refractivity contribution in [2.24, 2.45) is 0 Å². The lowest BCUT2D eigenvalue weighted by atomic mass is 10.1. The average Bonchev–Trinajstić information content (AvgIpc) is 3.22. The van der Waals surface area contributed by atoms with Crippen LogP contribution in [0.3, 0.4) is 0 Å². The number of ether oxygens (including phenoxy) is 2. The molecule has 2 aromatic carbocycles. The topological polar surface area (TPSA) is 87.7 Å². The summed E-state index contributed by atoms with van der Waals surface area (Å²) in [6.45, 7) is 0. The van der Waals surface area contributed by atoms with E-state index in [9.17, 15) is 14.0 Å². The van der Waals surface area contributed by atoms with Gasteiger partial charge in [-0.3, -0.25) is 18.6 Å². The Bertz CT molecular complexity index is 1320. The van der Waals surface area contributed by atoms with Crippen LogP contribution < -0.4 is 15.0 Å². The Morgan fingerprint density at radius 1 is 1.03 bits per heavy atom. The molecular formula is C21H17FN4O4S. The van der Waals surface area contributed by atoms with Crippen LogP contribution in [0.1, 0.15) is 10.4 Å². The van der Waals surface area contributed by atoms with E-state index in [1.165, 1.54) is 59.2 Å². The van der Waals surface area contributed by atoms with Gasteiger partial charge >= 0.3 is 5.56 Å². The molecule has 0 amide bonds. The fourth-order valence-corrected chi connectivity index (χ4v) is 3.80. The van der Waals surface area contributed by atoms with Gasteiger partial charge in [0.25, 0.3) is 0 Å². The van der Waals surface area contributed by atoms with Crippen LogP contribution >= 0.6 is 11.8 Å². The number of ketones is 1. The zero-order chi connectivity index (χ0) is 22.0. The molecular weight excluding hydrogens is 423 g/mol. The standard InChI is InChI=1S/C21H17FN4O4S/c1-29-17-8-3-13(11-18(17)30-2)16(27)12-31-21-24-23-19-20(28)25(9-10-26(19)21)15-6-4-14(22)5-7-15/h3-11H,12H2,1-2H3. The summed E-state index contributed by atoms with van der Waals surface area (Å²) >= 11 is 1.17. The summed E-state index contributed by atoms with van der Waals surface area (Å²) in [5.41, 5.74) is 0.680. The van der Waals surface area contributed by atoms with Crippen LogP contribution in [-0.4, -0.2) is 44.9 Å². The van der Waals surface area contributed by atoms with E-state index in [0.29, 0.717) is 27.9 Å². The number of hydrogen-bond donors (Lipinski definition) is 0. The predicted octanol–water partition coefficient (Wildman–Crippen LogP) is 3.01. The SMILES string of the molecule is COc1ccc(C(=O)CSc2nnc3c(=O)n(-c4ccc(F)cc4)ccn23)cc1OC. The normalized spacial score (nSPS) is 10.9. The van der Waals surface area contributed by atoms with Gasteiger partial charge in [0, 0.05) is 23.6 Å². The molecule has 4 aromatic rings. The first-order chi connectivity index (χ1) is 15.0. The fourth-order valence-electron chi connectivity index (χ4n) is 2.99. The van der Waals surface area contributed by atoms with E-state index in [0.717, 1.165) is 0 Å². The van der Waals surface area contributed by atoms with Crippen molar-refractivity contribution in [1.82, 2.24) is 19.2 Å². The smallest absolute Gasteiger partial charge is 0.300 e. The molecule has 0 unspecified atom stereocenters. The second kappa shape index (κ2) is 8.60. The van der Waals surface area contributed by atoms with Crippen LogP contribution in [0.25, 0.3) is 11.3 Å². The number of thioether (sulfide) groups is 1. The van der Waals surface area contributed by atoms with E-state index < -0.39 is 11.4 Å². The van der Waals surface area contributed by atoms with Gasteiger partial charge in [0.15, 0.2) is 22.4 Å².